The van der Waals surface area contributed by atoms with Crippen LogP contribution >= 0.6 is 0 Å². The summed E-state index contributed by atoms with van der Waals surface area (Å²) >= 11 is 0. The van der Waals surface area contributed by atoms with Crippen LogP contribution in [0.2, 0.25) is 0 Å². The van der Waals surface area contributed by atoms with E-state index in [1.165, 1.54) is 0 Å². The van der Waals surface area contributed by atoms with Crippen LogP contribution in [0.4, 0.5) is 5.95 Å². The second kappa shape index (κ2) is 6.50. The van der Waals surface area contributed by atoms with Crippen molar-refractivity contribution < 1.29 is 4.79 Å². The highest BCUT2D eigenvalue weighted by atomic mass is 16.1. The Balaban J connectivity index is 2.29. The van der Waals surface area contributed by atoms with Crippen LogP contribution in [0.1, 0.15) is 45.0 Å². The molecule has 0 fully saturated rings. The molecule has 0 saturated carbocycles. The molecule has 0 spiro atoms. The third-order valence-corrected chi connectivity index (χ3v) is 2.36. The fourth-order valence-corrected chi connectivity index (χ4v) is 1.73. The molecule has 0 aromatic carbocycles. The number of hydrogen-bond donors (Lipinski definition) is 2. The predicted molar refractivity (Wildman–Crippen MR) is 77.1 cm³/mol. The average Bonchev–Trinajstić information content (AvgIpc) is 2.20. The minimum absolute atomic E-state index is 0.0793. The quantitative estimate of drug-likeness (QED) is 0.800. The first-order valence-electron chi connectivity index (χ1n) is 6.63. The molecule has 2 N–H and O–H groups in total. The van der Waals surface area contributed by atoms with Crippen LogP contribution in [-0.2, 0) is 4.79 Å². The van der Waals surface area contributed by atoms with Gasteiger partial charge < -0.3 is 10.6 Å². The van der Waals surface area contributed by atoms with Crippen molar-refractivity contribution in [3.63, 3.8) is 0 Å². The van der Waals surface area contributed by atoms with E-state index in [1.54, 1.807) is 0 Å². The van der Waals surface area contributed by atoms with Crippen LogP contribution in [0.5, 0.6) is 0 Å². The van der Waals surface area contributed by atoms with Gasteiger partial charge in [0.2, 0.25) is 11.9 Å². The number of carbonyl (C=O) groups is 1. The van der Waals surface area contributed by atoms with Crippen molar-refractivity contribution in [1.82, 2.24) is 15.3 Å². The number of nitrogens with one attached hydrogen (secondary N) is 2. The van der Waals surface area contributed by atoms with Gasteiger partial charge in [0, 0.05) is 29.9 Å². The molecule has 1 aromatic heterocycles. The third kappa shape index (κ3) is 6.74. The number of aryl methyl sites for hydroxylation is 2. The van der Waals surface area contributed by atoms with Crippen molar-refractivity contribution in [3.8, 4) is 0 Å². The van der Waals surface area contributed by atoms with Gasteiger partial charge in [-0.2, -0.15) is 0 Å². The molecule has 5 nitrogen and oxygen atoms in total. The first-order valence-corrected chi connectivity index (χ1v) is 6.63. The highest BCUT2D eigenvalue weighted by Gasteiger charge is 2.12. The fourth-order valence-electron chi connectivity index (χ4n) is 1.73. The molecule has 1 rings (SSSR count). The van der Waals surface area contributed by atoms with Gasteiger partial charge in [0.05, 0.1) is 0 Å². The molecule has 0 aliphatic carbocycles. The maximum absolute atomic E-state index is 11.6. The van der Waals surface area contributed by atoms with Gasteiger partial charge in [0.25, 0.3) is 0 Å². The molecular formula is C14H24N4O. The first kappa shape index (κ1) is 15.4. The van der Waals surface area contributed by atoms with Gasteiger partial charge in [-0.1, -0.05) is 0 Å². The molecule has 5 heteroatoms. The lowest BCUT2D eigenvalue weighted by atomic mass is 10.1. The molecule has 1 amide bonds. The number of hydrogen-bond acceptors (Lipinski definition) is 4. The molecule has 0 unspecified atom stereocenters. The second-order valence-electron chi connectivity index (χ2n) is 5.80. The minimum atomic E-state index is -0.165. The lowest BCUT2D eigenvalue weighted by Gasteiger charge is -2.20. The number of amides is 1. The number of rotatable bonds is 5. The van der Waals surface area contributed by atoms with E-state index < -0.39 is 0 Å². The average molecular weight is 264 g/mol. The van der Waals surface area contributed by atoms with Crippen molar-refractivity contribution >= 4 is 11.9 Å². The summed E-state index contributed by atoms with van der Waals surface area (Å²) in [5.74, 6) is 0.712. The zero-order valence-electron chi connectivity index (χ0n) is 12.5. The maximum atomic E-state index is 11.6. The molecule has 0 atom stereocenters. The van der Waals surface area contributed by atoms with Crippen LogP contribution < -0.4 is 10.6 Å². The monoisotopic (exact) mass is 264 g/mol. The Morgan fingerprint density at radius 1 is 1.21 bits per heavy atom. The fraction of sp³-hybridized carbons (Fsp3) is 0.643. The Hall–Kier alpha value is -1.65. The van der Waals surface area contributed by atoms with E-state index in [9.17, 15) is 4.79 Å². The first-order chi connectivity index (χ1) is 8.76. The molecule has 0 aliphatic rings. The van der Waals surface area contributed by atoms with E-state index in [4.69, 9.17) is 0 Å². The summed E-state index contributed by atoms with van der Waals surface area (Å²) in [5.41, 5.74) is 1.72. The highest BCUT2D eigenvalue weighted by Crippen LogP contribution is 2.04. The smallest absolute Gasteiger partial charge is 0.223 e. The molecular weight excluding hydrogens is 240 g/mol. The van der Waals surface area contributed by atoms with Crippen molar-refractivity contribution in [1.29, 1.82) is 0 Å². The summed E-state index contributed by atoms with van der Waals surface area (Å²) in [7, 11) is 0. The van der Waals surface area contributed by atoms with Gasteiger partial charge >= 0.3 is 0 Å². The Labute approximate surface area is 115 Å². The van der Waals surface area contributed by atoms with Crippen molar-refractivity contribution in [2.24, 2.45) is 0 Å². The number of anilines is 1. The Bertz CT molecular complexity index is 417. The standard InChI is InChI=1S/C14H24N4O/c1-10-9-11(2)17-13(16-10)15-8-6-7-12(19)18-14(3,4)5/h9H,6-8H2,1-5H3,(H,18,19)(H,15,16,17). The van der Waals surface area contributed by atoms with Gasteiger partial charge in [-0.25, -0.2) is 9.97 Å². The number of nitrogens with zero attached hydrogens (tertiary/aromatic N) is 2. The summed E-state index contributed by atoms with van der Waals surface area (Å²) in [6.45, 7) is 10.5. The Morgan fingerprint density at radius 3 is 2.32 bits per heavy atom. The van der Waals surface area contributed by atoms with E-state index in [2.05, 4.69) is 20.6 Å². The normalized spacial score (nSPS) is 11.2. The molecule has 0 aliphatic heterocycles. The van der Waals surface area contributed by atoms with Crippen molar-refractivity contribution in [2.75, 3.05) is 11.9 Å². The van der Waals surface area contributed by atoms with Gasteiger partial charge in [-0.3, -0.25) is 4.79 Å². The van der Waals surface area contributed by atoms with Gasteiger partial charge in [-0.05, 0) is 47.1 Å². The predicted octanol–water partition coefficient (Wildman–Crippen LogP) is 2.20. The van der Waals surface area contributed by atoms with Crippen LogP contribution in [0.25, 0.3) is 0 Å². The summed E-state index contributed by atoms with van der Waals surface area (Å²) in [6.07, 6.45) is 1.27. The van der Waals surface area contributed by atoms with Gasteiger partial charge in [0.15, 0.2) is 0 Å². The zero-order valence-corrected chi connectivity index (χ0v) is 12.5. The SMILES string of the molecule is Cc1cc(C)nc(NCCCC(=O)NC(C)(C)C)n1. The van der Waals surface area contributed by atoms with E-state index >= 15 is 0 Å². The topological polar surface area (TPSA) is 66.9 Å². The van der Waals surface area contributed by atoms with Crippen molar-refractivity contribution in [3.05, 3.63) is 17.5 Å². The molecule has 106 valence electrons. The molecule has 0 bridgehead atoms. The lowest BCUT2D eigenvalue weighted by molar-refractivity contribution is -0.122. The van der Waals surface area contributed by atoms with Gasteiger partial charge in [-0.15, -0.1) is 0 Å². The molecule has 19 heavy (non-hydrogen) atoms. The highest BCUT2D eigenvalue weighted by molar-refractivity contribution is 5.76. The second-order valence-corrected chi connectivity index (χ2v) is 5.80. The van der Waals surface area contributed by atoms with E-state index in [0.717, 1.165) is 17.8 Å². The minimum Gasteiger partial charge on any atom is -0.354 e. The third-order valence-electron chi connectivity index (χ3n) is 2.36. The summed E-state index contributed by atoms with van der Waals surface area (Å²) in [5, 5.41) is 6.08. The molecule has 0 radical (unpaired) electrons. The number of carbonyl (C=O) groups excluding carboxylic acids is 1. The summed E-state index contributed by atoms with van der Waals surface area (Å²) in [6, 6.07) is 1.93. The van der Waals surface area contributed by atoms with Crippen LogP contribution in [0.3, 0.4) is 0 Å². The number of aromatic nitrogens is 2. The van der Waals surface area contributed by atoms with Crippen molar-refractivity contribution in [2.45, 2.75) is 53.0 Å². The lowest BCUT2D eigenvalue weighted by Crippen LogP contribution is -2.40. The molecule has 0 saturated heterocycles. The summed E-state index contributed by atoms with van der Waals surface area (Å²) < 4.78 is 0. The zero-order chi connectivity index (χ0) is 14.5. The molecule has 1 heterocycles. The van der Waals surface area contributed by atoms with E-state index in [-0.39, 0.29) is 11.4 Å². The Kier molecular flexibility index (Phi) is 5.27. The summed E-state index contributed by atoms with van der Waals surface area (Å²) in [4.78, 5) is 20.2. The van der Waals surface area contributed by atoms with E-state index in [1.807, 2.05) is 40.7 Å². The van der Waals surface area contributed by atoms with Crippen LogP contribution in [0, 0.1) is 13.8 Å². The van der Waals surface area contributed by atoms with Crippen LogP contribution in [-0.4, -0.2) is 28.0 Å². The Morgan fingerprint density at radius 2 is 1.79 bits per heavy atom. The van der Waals surface area contributed by atoms with E-state index in [0.29, 0.717) is 18.9 Å². The maximum Gasteiger partial charge on any atom is 0.223 e. The molecule has 1 aromatic rings. The van der Waals surface area contributed by atoms with Gasteiger partial charge in [0.1, 0.15) is 0 Å². The van der Waals surface area contributed by atoms with Crippen LogP contribution in [0.15, 0.2) is 6.07 Å². The largest absolute Gasteiger partial charge is 0.354 e.